The molecule has 0 spiro atoms. The first kappa shape index (κ1) is 16.2. The van der Waals surface area contributed by atoms with Crippen LogP contribution in [-0.4, -0.2) is 19.9 Å². The molecule has 3 N–H and O–H groups in total. The molecule has 7 heteroatoms. The van der Waals surface area contributed by atoms with Gasteiger partial charge >= 0.3 is 0 Å². The van der Waals surface area contributed by atoms with Gasteiger partial charge in [-0.3, -0.25) is 0 Å². The maximum absolute atomic E-state index is 12.4. The largest absolute Gasteiger partial charge is 0.363 e. The van der Waals surface area contributed by atoms with E-state index < -0.39 is 10.0 Å². The highest BCUT2D eigenvalue weighted by atomic mass is 32.2. The molecule has 2 heterocycles. The zero-order valence-electron chi connectivity index (χ0n) is 12.2. The molecule has 1 unspecified atom stereocenters. The summed E-state index contributed by atoms with van der Waals surface area (Å²) in [4.78, 5) is 4.31. The molecule has 0 aliphatic rings. The number of hydrogen-bond acceptors (Lipinski definition) is 4. The smallest absolute Gasteiger partial charge is 0.242 e. The van der Waals surface area contributed by atoms with Crippen LogP contribution >= 0.6 is 11.3 Å². The van der Waals surface area contributed by atoms with Crippen LogP contribution in [0.2, 0.25) is 0 Å². The quantitative estimate of drug-likeness (QED) is 0.698. The Kier molecular flexibility index (Phi) is 5.58. The van der Waals surface area contributed by atoms with Crippen LogP contribution in [0.3, 0.4) is 0 Å². The zero-order valence-corrected chi connectivity index (χ0v) is 13.9. The zero-order chi connectivity index (χ0) is 15.3. The first-order chi connectivity index (χ1) is 10.1. The van der Waals surface area contributed by atoms with E-state index >= 15 is 0 Å². The van der Waals surface area contributed by atoms with Crippen molar-refractivity contribution >= 4 is 21.4 Å². The molecule has 0 saturated carbocycles. The van der Waals surface area contributed by atoms with Gasteiger partial charge in [0.05, 0.1) is 10.9 Å². The first-order valence-electron chi connectivity index (χ1n) is 7.00. The lowest BCUT2D eigenvalue weighted by Gasteiger charge is -2.14. The van der Waals surface area contributed by atoms with E-state index in [1.54, 1.807) is 17.4 Å². The number of hydrogen-bond donors (Lipinski definition) is 3. The molecule has 21 heavy (non-hydrogen) atoms. The first-order valence-corrected chi connectivity index (χ1v) is 9.36. The van der Waals surface area contributed by atoms with Crippen LogP contribution in [0.25, 0.3) is 0 Å². The molecule has 2 rings (SSSR count). The number of aromatic amines is 1. The Morgan fingerprint density at radius 2 is 2.19 bits per heavy atom. The number of H-pyrrole nitrogens is 1. The summed E-state index contributed by atoms with van der Waals surface area (Å²) in [5.74, 6) is 0. The van der Waals surface area contributed by atoms with Gasteiger partial charge in [-0.25, -0.2) is 13.1 Å². The lowest BCUT2D eigenvalue weighted by molar-refractivity contribution is 0.553. The third-order valence-corrected chi connectivity index (χ3v) is 5.62. The molecule has 0 radical (unpaired) electrons. The fraction of sp³-hybridized carbons (Fsp3) is 0.429. The lowest BCUT2D eigenvalue weighted by atomic mass is 10.2. The molecule has 0 aromatic carbocycles. The van der Waals surface area contributed by atoms with Crippen LogP contribution in [0.1, 0.15) is 36.9 Å². The maximum Gasteiger partial charge on any atom is 0.242 e. The normalized spacial score (nSPS) is 13.4. The number of rotatable bonds is 8. The summed E-state index contributed by atoms with van der Waals surface area (Å²) in [5, 5.41) is 5.11. The standard InChI is InChI=1S/C14H21N3O2S2/c1-3-13(14-6-5-7-20-14)17-21(18,19)12-8-11(16-10-12)9-15-4-2/h5-8,10,13,15-17H,3-4,9H2,1-2H3. The van der Waals surface area contributed by atoms with E-state index in [0.29, 0.717) is 13.0 Å². The van der Waals surface area contributed by atoms with Crippen molar-refractivity contribution in [2.24, 2.45) is 0 Å². The van der Waals surface area contributed by atoms with Gasteiger partial charge < -0.3 is 10.3 Å². The Hall–Kier alpha value is -1.15. The molecule has 0 amide bonds. The van der Waals surface area contributed by atoms with Crippen molar-refractivity contribution in [3.05, 3.63) is 40.3 Å². The van der Waals surface area contributed by atoms with Gasteiger partial charge in [0, 0.05) is 23.3 Å². The highest BCUT2D eigenvalue weighted by molar-refractivity contribution is 7.89. The summed E-state index contributed by atoms with van der Waals surface area (Å²) >= 11 is 1.56. The van der Waals surface area contributed by atoms with E-state index in [2.05, 4.69) is 15.0 Å². The molecule has 5 nitrogen and oxygen atoms in total. The summed E-state index contributed by atoms with van der Waals surface area (Å²) in [5.41, 5.74) is 0.862. The third kappa shape index (κ3) is 4.16. The third-order valence-electron chi connectivity index (χ3n) is 3.18. The van der Waals surface area contributed by atoms with E-state index in [4.69, 9.17) is 0 Å². The van der Waals surface area contributed by atoms with E-state index in [0.717, 1.165) is 17.1 Å². The van der Waals surface area contributed by atoms with Gasteiger partial charge in [-0.1, -0.05) is 19.9 Å². The molecule has 0 aliphatic heterocycles. The number of aromatic nitrogens is 1. The average Bonchev–Trinajstić information content (AvgIpc) is 3.13. The Balaban J connectivity index is 2.12. The van der Waals surface area contributed by atoms with E-state index in [1.807, 2.05) is 31.4 Å². The molecule has 2 aromatic heterocycles. The maximum atomic E-state index is 12.4. The second kappa shape index (κ2) is 7.22. The molecule has 0 fully saturated rings. The fourth-order valence-corrected chi connectivity index (χ4v) is 4.27. The molecular formula is C14H21N3O2S2. The highest BCUT2D eigenvalue weighted by Crippen LogP contribution is 2.24. The predicted octanol–water partition coefficient (Wildman–Crippen LogP) is 2.62. The molecule has 0 saturated heterocycles. The summed E-state index contributed by atoms with van der Waals surface area (Å²) in [7, 11) is -3.50. The highest BCUT2D eigenvalue weighted by Gasteiger charge is 2.21. The Labute approximate surface area is 129 Å². The predicted molar refractivity (Wildman–Crippen MR) is 85.8 cm³/mol. The van der Waals surface area contributed by atoms with Crippen molar-refractivity contribution < 1.29 is 8.42 Å². The van der Waals surface area contributed by atoms with Gasteiger partial charge in [0.25, 0.3) is 0 Å². The van der Waals surface area contributed by atoms with Crippen LogP contribution in [-0.2, 0) is 16.6 Å². The van der Waals surface area contributed by atoms with Crippen molar-refractivity contribution in [2.45, 2.75) is 37.8 Å². The van der Waals surface area contributed by atoms with Crippen molar-refractivity contribution in [2.75, 3.05) is 6.54 Å². The molecule has 2 aromatic rings. The van der Waals surface area contributed by atoms with Gasteiger partial charge in [0.2, 0.25) is 10.0 Å². The van der Waals surface area contributed by atoms with Crippen LogP contribution in [0.5, 0.6) is 0 Å². The molecular weight excluding hydrogens is 306 g/mol. The van der Waals surface area contributed by atoms with Crippen molar-refractivity contribution in [3.63, 3.8) is 0 Å². The number of nitrogens with one attached hydrogen (secondary N) is 3. The molecule has 116 valence electrons. The summed E-state index contributed by atoms with van der Waals surface area (Å²) in [6.07, 6.45) is 2.25. The molecule has 0 bridgehead atoms. The average molecular weight is 327 g/mol. The number of thiophene rings is 1. The summed E-state index contributed by atoms with van der Waals surface area (Å²) in [6.45, 7) is 5.46. The van der Waals surface area contributed by atoms with Crippen LogP contribution in [0, 0.1) is 0 Å². The van der Waals surface area contributed by atoms with Crippen LogP contribution in [0.15, 0.2) is 34.7 Å². The monoisotopic (exact) mass is 327 g/mol. The van der Waals surface area contributed by atoms with Crippen molar-refractivity contribution in [3.8, 4) is 0 Å². The second-order valence-corrected chi connectivity index (χ2v) is 7.43. The lowest BCUT2D eigenvalue weighted by Crippen LogP contribution is -2.27. The van der Waals surface area contributed by atoms with Gasteiger partial charge in [0.15, 0.2) is 0 Å². The van der Waals surface area contributed by atoms with E-state index in [9.17, 15) is 8.42 Å². The fourth-order valence-electron chi connectivity index (χ4n) is 2.02. The second-order valence-electron chi connectivity index (χ2n) is 4.74. The van der Waals surface area contributed by atoms with Crippen LogP contribution in [0.4, 0.5) is 0 Å². The molecule has 1 atom stereocenters. The van der Waals surface area contributed by atoms with Gasteiger partial charge in [-0.05, 0) is 30.5 Å². The van der Waals surface area contributed by atoms with E-state index in [-0.39, 0.29) is 10.9 Å². The Morgan fingerprint density at radius 1 is 1.38 bits per heavy atom. The minimum absolute atomic E-state index is 0.179. The SMILES string of the molecule is CCNCc1cc(S(=O)(=O)NC(CC)c2cccs2)c[nH]1. The Morgan fingerprint density at radius 3 is 2.81 bits per heavy atom. The summed E-state index contributed by atoms with van der Waals surface area (Å²) in [6, 6.07) is 5.38. The molecule has 0 aliphatic carbocycles. The minimum atomic E-state index is -3.50. The van der Waals surface area contributed by atoms with Gasteiger partial charge in [-0.15, -0.1) is 11.3 Å². The van der Waals surface area contributed by atoms with Crippen molar-refractivity contribution in [1.82, 2.24) is 15.0 Å². The Bertz CT molecular complexity index is 648. The van der Waals surface area contributed by atoms with Gasteiger partial charge in [-0.2, -0.15) is 0 Å². The summed E-state index contributed by atoms with van der Waals surface area (Å²) < 4.78 is 27.6. The van der Waals surface area contributed by atoms with Crippen LogP contribution < -0.4 is 10.0 Å². The van der Waals surface area contributed by atoms with E-state index in [1.165, 1.54) is 6.20 Å². The number of sulfonamides is 1. The topological polar surface area (TPSA) is 74.0 Å². The minimum Gasteiger partial charge on any atom is -0.363 e. The van der Waals surface area contributed by atoms with Crippen molar-refractivity contribution in [1.29, 1.82) is 0 Å². The van der Waals surface area contributed by atoms with Gasteiger partial charge in [0.1, 0.15) is 0 Å².